The highest BCUT2D eigenvalue weighted by Gasteiger charge is 2.27. The van der Waals surface area contributed by atoms with Crippen molar-refractivity contribution in [1.29, 1.82) is 0 Å². The van der Waals surface area contributed by atoms with E-state index in [4.69, 9.17) is 9.84 Å². The van der Waals surface area contributed by atoms with Crippen LogP contribution in [0, 0.1) is 5.92 Å². The first-order valence-electron chi connectivity index (χ1n) is 6.42. The Kier molecular flexibility index (Phi) is 4.82. The van der Waals surface area contributed by atoms with Gasteiger partial charge in [0, 0.05) is 11.0 Å². The molecule has 1 aromatic carbocycles. The predicted octanol–water partition coefficient (Wildman–Crippen LogP) is 2.10. The molecule has 1 amide bonds. The average molecular weight is 328 g/mol. The molecule has 1 atom stereocenters. The number of halogens is 1. The fourth-order valence-electron chi connectivity index (χ4n) is 2.03. The van der Waals surface area contributed by atoms with Gasteiger partial charge in [0.25, 0.3) is 5.91 Å². The Labute approximate surface area is 121 Å². The van der Waals surface area contributed by atoms with Gasteiger partial charge in [0.15, 0.2) is 6.10 Å². The molecule has 1 aliphatic rings. The van der Waals surface area contributed by atoms with Crippen LogP contribution < -0.4 is 10.1 Å². The molecule has 1 unspecified atom stereocenters. The molecule has 0 radical (unpaired) electrons. The first kappa shape index (κ1) is 14.3. The molecule has 2 rings (SSSR count). The third-order valence-electron chi connectivity index (χ3n) is 3.27. The van der Waals surface area contributed by atoms with Crippen LogP contribution in [0.3, 0.4) is 0 Å². The second-order valence-corrected chi connectivity index (χ2v) is 5.87. The molecule has 19 heavy (non-hydrogen) atoms. The molecule has 5 heteroatoms. The van der Waals surface area contributed by atoms with Gasteiger partial charge in [0.1, 0.15) is 5.75 Å². The lowest BCUT2D eigenvalue weighted by Crippen LogP contribution is -2.42. The van der Waals surface area contributed by atoms with Crippen LogP contribution >= 0.6 is 15.9 Å². The summed E-state index contributed by atoms with van der Waals surface area (Å²) in [5.41, 5.74) is 0. The molecule has 0 aromatic heterocycles. The van der Waals surface area contributed by atoms with Gasteiger partial charge in [0.05, 0.1) is 6.10 Å². The van der Waals surface area contributed by atoms with Crippen LogP contribution in [-0.2, 0) is 4.79 Å². The molecule has 1 fully saturated rings. The normalized spacial score (nSPS) is 23.3. The quantitative estimate of drug-likeness (QED) is 0.870. The number of benzene rings is 1. The predicted molar refractivity (Wildman–Crippen MR) is 76.0 cm³/mol. The van der Waals surface area contributed by atoms with E-state index in [1.807, 2.05) is 24.3 Å². The number of amides is 1. The van der Waals surface area contributed by atoms with Crippen LogP contribution in [0.5, 0.6) is 5.75 Å². The van der Waals surface area contributed by atoms with Crippen LogP contribution in [0.2, 0.25) is 0 Å². The number of hydrogen-bond donors (Lipinski definition) is 2. The van der Waals surface area contributed by atoms with E-state index in [2.05, 4.69) is 21.2 Å². The Balaban J connectivity index is 1.74. The van der Waals surface area contributed by atoms with Crippen LogP contribution in [-0.4, -0.2) is 29.8 Å². The lowest BCUT2D eigenvalue weighted by molar-refractivity contribution is -0.127. The van der Waals surface area contributed by atoms with Crippen molar-refractivity contribution >= 4 is 21.8 Å². The average Bonchev–Trinajstić information content (AvgIpc) is 2.35. The van der Waals surface area contributed by atoms with Gasteiger partial charge in [-0.3, -0.25) is 4.79 Å². The van der Waals surface area contributed by atoms with E-state index in [-0.39, 0.29) is 12.0 Å². The largest absolute Gasteiger partial charge is 0.481 e. The molecular formula is C14H18BrNO3. The molecule has 2 N–H and O–H groups in total. The van der Waals surface area contributed by atoms with E-state index >= 15 is 0 Å². The maximum absolute atomic E-state index is 11.8. The molecule has 0 spiro atoms. The van der Waals surface area contributed by atoms with Crippen molar-refractivity contribution in [2.24, 2.45) is 5.92 Å². The van der Waals surface area contributed by atoms with Crippen molar-refractivity contribution < 1.29 is 14.6 Å². The number of aliphatic hydroxyl groups is 1. The Morgan fingerprint density at radius 3 is 2.68 bits per heavy atom. The van der Waals surface area contributed by atoms with Crippen molar-refractivity contribution in [3.05, 3.63) is 28.7 Å². The van der Waals surface area contributed by atoms with Crippen molar-refractivity contribution in [2.75, 3.05) is 6.54 Å². The zero-order valence-electron chi connectivity index (χ0n) is 10.8. The summed E-state index contributed by atoms with van der Waals surface area (Å²) in [5.74, 6) is 0.952. The van der Waals surface area contributed by atoms with Gasteiger partial charge < -0.3 is 15.2 Å². The molecule has 1 aliphatic carbocycles. The molecule has 0 heterocycles. The maximum Gasteiger partial charge on any atom is 0.260 e. The molecule has 1 aromatic rings. The summed E-state index contributed by atoms with van der Waals surface area (Å²) in [6, 6.07) is 7.37. The van der Waals surface area contributed by atoms with Gasteiger partial charge >= 0.3 is 0 Å². The molecule has 4 nitrogen and oxygen atoms in total. The smallest absolute Gasteiger partial charge is 0.260 e. The molecule has 104 valence electrons. The number of carbonyl (C=O) groups is 1. The second-order valence-electron chi connectivity index (χ2n) is 4.95. The Bertz CT molecular complexity index is 429. The first-order valence-corrected chi connectivity index (χ1v) is 7.22. The van der Waals surface area contributed by atoms with Crippen LogP contribution in [0.4, 0.5) is 0 Å². The zero-order chi connectivity index (χ0) is 13.8. The van der Waals surface area contributed by atoms with Crippen LogP contribution in [0.1, 0.15) is 19.8 Å². The van der Waals surface area contributed by atoms with Gasteiger partial charge in [-0.2, -0.15) is 0 Å². The van der Waals surface area contributed by atoms with Crippen molar-refractivity contribution in [3.8, 4) is 5.75 Å². The van der Waals surface area contributed by atoms with E-state index in [1.54, 1.807) is 6.92 Å². The second kappa shape index (κ2) is 6.39. The summed E-state index contributed by atoms with van der Waals surface area (Å²) >= 11 is 3.35. The number of aliphatic hydroxyl groups excluding tert-OH is 1. The maximum atomic E-state index is 11.8. The Hall–Kier alpha value is -1.07. The lowest BCUT2D eigenvalue weighted by atomic mass is 9.82. The Morgan fingerprint density at radius 1 is 1.47 bits per heavy atom. The van der Waals surface area contributed by atoms with Crippen molar-refractivity contribution in [1.82, 2.24) is 5.32 Å². The molecular weight excluding hydrogens is 310 g/mol. The number of nitrogens with one attached hydrogen (secondary N) is 1. The van der Waals surface area contributed by atoms with E-state index in [9.17, 15) is 4.79 Å². The minimum Gasteiger partial charge on any atom is -0.481 e. The first-order chi connectivity index (χ1) is 9.04. The third-order valence-corrected chi connectivity index (χ3v) is 3.80. The molecule has 0 bridgehead atoms. The topological polar surface area (TPSA) is 58.6 Å². The van der Waals surface area contributed by atoms with Gasteiger partial charge in [-0.25, -0.2) is 0 Å². The molecule has 1 saturated carbocycles. The number of hydrogen-bond acceptors (Lipinski definition) is 3. The summed E-state index contributed by atoms with van der Waals surface area (Å²) < 4.78 is 6.53. The molecule has 0 saturated heterocycles. The van der Waals surface area contributed by atoms with Gasteiger partial charge in [0.2, 0.25) is 0 Å². The van der Waals surface area contributed by atoms with E-state index in [1.165, 1.54) is 0 Å². The summed E-state index contributed by atoms with van der Waals surface area (Å²) in [5, 5.41) is 12.0. The van der Waals surface area contributed by atoms with Gasteiger partial charge in [-0.1, -0.05) is 15.9 Å². The number of carbonyl (C=O) groups excluding carboxylic acids is 1. The third kappa shape index (κ3) is 4.21. The summed E-state index contributed by atoms with van der Waals surface area (Å²) in [4.78, 5) is 11.8. The highest BCUT2D eigenvalue weighted by Crippen LogP contribution is 2.26. The van der Waals surface area contributed by atoms with Gasteiger partial charge in [-0.05, 0) is 49.9 Å². The fraction of sp³-hybridized carbons (Fsp3) is 0.500. The van der Waals surface area contributed by atoms with Gasteiger partial charge in [-0.15, -0.1) is 0 Å². The van der Waals surface area contributed by atoms with E-state index < -0.39 is 6.10 Å². The Morgan fingerprint density at radius 2 is 2.11 bits per heavy atom. The monoisotopic (exact) mass is 327 g/mol. The minimum atomic E-state index is -0.522. The highest BCUT2D eigenvalue weighted by atomic mass is 79.9. The standard InChI is InChI=1S/C14H18BrNO3/c1-9(19-13-4-2-11(15)3-5-13)14(18)16-8-10-6-12(17)7-10/h2-5,9-10,12,17H,6-8H2,1H3,(H,16,18). The van der Waals surface area contributed by atoms with E-state index in [0.29, 0.717) is 18.2 Å². The van der Waals surface area contributed by atoms with Crippen LogP contribution in [0.15, 0.2) is 28.7 Å². The molecule has 0 aliphatic heterocycles. The number of rotatable bonds is 5. The number of ether oxygens (including phenoxy) is 1. The van der Waals surface area contributed by atoms with Crippen molar-refractivity contribution in [2.45, 2.75) is 32.0 Å². The highest BCUT2D eigenvalue weighted by molar-refractivity contribution is 9.10. The summed E-state index contributed by atoms with van der Waals surface area (Å²) in [6.07, 6.45) is 0.856. The van der Waals surface area contributed by atoms with Crippen molar-refractivity contribution in [3.63, 3.8) is 0 Å². The minimum absolute atomic E-state index is 0.121. The van der Waals surface area contributed by atoms with E-state index in [0.717, 1.165) is 17.3 Å². The summed E-state index contributed by atoms with van der Waals surface area (Å²) in [7, 11) is 0. The lowest BCUT2D eigenvalue weighted by Gasteiger charge is -2.31. The fourth-order valence-corrected chi connectivity index (χ4v) is 2.29. The summed E-state index contributed by atoms with van der Waals surface area (Å²) in [6.45, 7) is 2.34. The SMILES string of the molecule is CC(Oc1ccc(Br)cc1)C(=O)NCC1CC(O)C1. The van der Waals surface area contributed by atoms with Crippen LogP contribution in [0.25, 0.3) is 0 Å². The zero-order valence-corrected chi connectivity index (χ0v) is 12.4.